The molecule has 0 saturated carbocycles. The monoisotopic (exact) mass is 635 g/mol. The minimum absolute atomic E-state index is 0.143. The smallest absolute Gasteiger partial charge is 0.262 e. The first-order chi connectivity index (χ1) is 16.5. The van der Waals surface area contributed by atoms with Gasteiger partial charge in [-0.05, 0) is 77.7 Å². The number of nitrogens with one attached hydrogen (secondary N) is 2. The quantitative estimate of drug-likeness (QED) is 0.204. The summed E-state index contributed by atoms with van der Waals surface area (Å²) < 4.78 is 17.1. The number of amides is 2. The van der Waals surface area contributed by atoms with Gasteiger partial charge in [0.15, 0.2) is 17.6 Å². The number of methoxy groups -OCH3 is 2. The number of rotatable bonds is 11. The lowest BCUT2D eigenvalue weighted by Gasteiger charge is -2.22. The largest absolute Gasteiger partial charge is 0.493 e. The van der Waals surface area contributed by atoms with Crippen LogP contribution in [0, 0.1) is 9.49 Å². The molecule has 35 heavy (non-hydrogen) atoms. The van der Waals surface area contributed by atoms with Crippen molar-refractivity contribution < 1.29 is 23.8 Å². The number of carbonyl (C=O) groups is 2. The van der Waals surface area contributed by atoms with Crippen molar-refractivity contribution in [2.45, 2.75) is 39.3 Å². The minimum atomic E-state index is -0.895. The first-order valence-electron chi connectivity index (χ1n) is 10.7. The van der Waals surface area contributed by atoms with Crippen molar-refractivity contribution in [3.8, 4) is 17.2 Å². The molecule has 0 aliphatic rings. The van der Waals surface area contributed by atoms with E-state index in [0.29, 0.717) is 34.3 Å². The second-order valence-corrected chi connectivity index (χ2v) is 10.0. The summed E-state index contributed by atoms with van der Waals surface area (Å²) in [4.78, 5) is 25.5. The highest BCUT2D eigenvalue weighted by molar-refractivity contribution is 14.1. The fraction of sp³-hybridized carbons (Fsp3) is 0.375. The third-order valence-corrected chi connectivity index (χ3v) is 6.08. The van der Waals surface area contributed by atoms with Gasteiger partial charge >= 0.3 is 0 Å². The van der Waals surface area contributed by atoms with E-state index < -0.39 is 24.0 Å². The van der Waals surface area contributed by atoms with Gasteiger partial charge in [0.2, 0.25) is 0 Å². The van der Waals surface area contributed by atoms with E-state index in [1.54, 1.807) is 39.3 Å². The molecule has 2 N–H and O–H groups in total. The standard InChI is InChI=1S/C24H28Cl2IN3O5/c1-13(2)8-19(29-23(31)14(3)35-20-7-6-16(25)11-17(20)26)24(32)30-28-12-15-9-18(27)22(34-5)21(10-15)33-4/h6-7,9-14,19H,8H2,1-5H3,(H,29,31)(H,30,32)/b28-12-/t14-,19+/m0/s1. The van der Waals surface area contributed by atoms with Crippen LogP contribution in [0.1, 0.15) is 32.8 Å². The Bertz CT molecular complexity index is 1080. The van der Waals surface area contributed by atoms with Gasteiger partial charge in [0.25, 0.3) is 11.8 Å². The molecule has 2 aromatic carbocycles. The molecular formula is C24H28Cl2IN3O5. The summed E-state index contributed by atoms with van der Waals surface area (Å²) in [5.41, 5.74) is 3.20. The molecule has 0 unspecified atom stereocenters. The van der Waals surface area contributed by atoms with Crippen molar-refractivity contribution in [3.63, 3.8) is 0 Å². The van der Waals surface area contributed by atoms with Crippen LogP contribution in [0.4, 0.5) is 0 Å². The highest BCUT2D eigenvalue weighted by atomic mass is 127. The zero-order valence-corrected chi connectivity index (χ0v) is 23.7. The summed E-state index contributed by atoms with van der Waals surface area (Å²) in [5, 5.41) is 7.52. The van der Waals surface area contributed by atoms with Crippen molar-refractivity contribution in [3.05, 3.63) is 49.5 Å². The summed E-state index contributed by atoms with van der Waals surface area (Å²) in [6.45, 7) is 5.48. The van der Waals surface area contributed by atoms with Gasteiger partial charge in [-0.1, -0.05) is 37.0 Å². The van der Waals surface area contributed by atoms with E-state index in [-0.39, 0.29) is 10.9 Å². The Hall–Kier alpha value is -2.24. The lowest BCUT2D eigenvalue weighted by molar-refractivity contribution is -0.132. The number of hydrogen-bond acceptors (Lipinski definition) is 6. The fourth-order valence-electron chi connectivity index (χ4n) is 3.07. The number of nitrogens with zero attached hydrogens (tertiary/aromatic N) is 1. The average molecular weight is 636 g/mol. The number of ether oxygens (including phenoxy) is 3. The van der Waals surface area contributed by atoms with Gasteiger partial charge in [-0.2, -0.15) is 5.10 Å². The number of hydrazone groups is 1. The maximum absolute atomic E-state index is 12.8. The molecule has 2 rings (SSSR count). The molecule has 2 aromatic rings. The molecule has 2 atom stereocenters. The highest BCUT2D eigenvalue weighted by Gasteiger charge is 2.25. The van der Waals surface area contributed by atoms with Crippen LogP contribution in [-0.4, -0.2) is 44.4 Å². The van der Waals surface area contributed by atoms with Crippen molar-refractivity contribution in [1.82, 2.24) is 10.7 Å². The molecule has 0 saturated heterocycles. The second kappa shape index (κ2) is 13.7. The first-order valence-corrected chi connectivity index (χ1v) is 12.6. The normalized spacial score (nSPS) is 12.8. The molecular weight excluding hydrogens is 608 g/mol. The van der Waals surface area contributed by atoms with E-state index in [4.69, 9.17) is 37.4 Å². The molecule has 0 aromatic heterocycles. The first kappa shape index (κ1) is 29.0. The maximum atomic E-state index is 12.8. The molecule has 0 aliphatic heterocycles. The van der Waals surface area contributed by atoms with E-state index in [2.05, 4.69) is 38.4 Å². The zero-order valence-electron chi connectivity index (χ0n) is 20.0. The van der Waals surface area contributed by atoms with Crippen LogP contribution < -0.4 is 25.0 Å². The van der Waals surface area contributed by atoms with Gasteiger partial charge < -0.3 is 19.5 Å². The Morgan fingerprint density at radius 1 is 1.06 bits per heavy atom. The van der Waals surface area contributed by atoms with Crippen molar-refractivity contribution in [2.75, 3.05) is 14.2 Å². The predicted molar refractivity (Wildman–Crippen MR) is 146 cm³/mol. The van der Waals surface area contributed by atoms with Gasteiger partial charge in [-0.3, -0.25) is 9.59 Å². The van der Waals surface area contributed by atoms with Crippen LogP contribution in [0.5, 0.6) is 17.2 Å². The third-order valence-electron chi connectivity index (χ3n) is 4.75. The lowest BCUT2D eigenvalue weighted by Crippen LogP contribution is -2.49. The molecule has 2 amide bonds. The Morgan fingerprint density at radius 2 is 1.77 bits per heavy atom. The van der Waals surface area contributed by atoms with E-state index >= 15 is 0 Å². The molecule has 0 bridgehead atoms. The molecule has 0 fully saturated rings. The molecule has 0 spiro atoms. The second-order valence-electron chi connectivity index (χ2n) is 8.00. The SMILES string of the molecule is COc1cc(/C=N\NC(=O)[C@@H](CC(C)C)NC(=O)[C@H](C)Oc2ccc(Cl)cc2Cl)cc(I)c1OC. The Morgan fingerprint density at radius 3 is 2.37 bits per heavy atom. The van der Waals surface area contributed by atoms with Crippen LogP contribution in [0.25, 0.3) is 0 Å². The van der Waals surface area contributed by atoms with Gasteiger partial charge in [0, 0.05) is 5.02 Å². The third kappa shape index (κ3) is 8.73. The summed E-state index contributed by atoms with van der Waals surface area (Å²) in [6, 6.07) is 7.49. The van der Waals surface area contributed by atoms with Crippen LogP contribution >= 0.6 is 45.8 Å². The average Bonchev–Trinajstić information content (AvgIpc) is 2.79. The lowest BCUT2D eigenvalue weighted by atomic mass is 10.0. The van der Waals surface area contributed by atoms with Crippen molar-refractivity contribution >= 4 is 63.8 Å². The van der Waals surface area contributed by atoms with Gasteiger partial charge in [-0.15, -0.1) is 0 Å². The van der Waals surface area contributed by atoms with Crippen molar-refractivity contribution in [1.29, 1.82) is 0 Å². The number of hydrogen-bond donors (Lipinski definition) is 2. The fourth-order valence-corrected chi connectivity index (χ4v) is 4.37. The molecule has 0 aliphatic carbocycles. The van der Waals surface area contributed by atoms with E-state index in [1.807, 2.05) is 19.9 Å². The Kier molecular flexibility index (Phi) is 11.4. The van der Waals surface area contributed by atoms with E-state index in [9.17, 15) is 9.59 Å². The van der Waals surface area contributed by atoms with Gasteiger partial charge in [0.05, 0.1) is 29.0 Å². The number of benzene rings is 2. The Balaban J connectivity index is 2.06. The zero-order chi connectivity index (χ0) is 26.1. The number of carbonyl (C=O) groups excluding carboxylic acids is 2. The highest BCUT2D eigenvalue weighted by Crippen LogP contribution is 2.33. The summed E-state index contributed by atoms with van der Waals surface area (Å²) in [5.74, 6) is 0.713. The number of halogens is 3. The summed E-state index contributed by atoms with van der Waals surface area (Å²) >= 11 is 14.1. The van der Waals surface area contributed by atoms with E-state index in [0.717, 1.165) is 3.57 Å². The van der Waals surface area contributed by atoms with E-state index in [1.165, 1.54) is 12.3 Å². The minimum Gasteiger partial charge on any atom is -0.493 e. The van der Waals surface area contributed by atoms with Crippen LogP contribution in [0.2, 0.25) is 10.0 Å². The van der Waals surface area contributed by atoms with Gasteiger partial charge in [-0.25, -0.2) is 5.43 Å². The predicted octanol–water partition coefficient (Wildman–Crippen LogP) is 5.06. The molecule has 11 heteroatoms. The van der Waals surface area contributed by atoms with Gasteiger partial charge in [0.1, 0.15) is 11.8 Å². The molecule has 8 nitrogen and oxygen atoms in total. The summed E-state index contributed by atoms with van der Waals surface area (Å²) in [7, 11) is 3.11. The Labute approximate surface area is 228 Å². The summed E-state index contributed by atoms with van der Waals surface area (Å²) in [6.07, 6.45) is 1.01. The molecule has 0 radical (unpaired) electrons. The maximum Gasteiger partial charge on any atom is 0.262 e. The van der Waals surface area contributed by atoms with Crippen molar-refractivity contribution in [2.24, 2.45) is 11.0 Å². The van der Waals surface area contributed by atoms with Crippen LogP contribution in [0.3, 0.4) is 0 Å². The van der Waals surface area contributed by atoms with Crippen LogP contribution in [0.15, 0.2) is 35.4 Å². The molecule has 190 valence electrons. The topological polar surface area (TPSA) is 98.2 Å². The van der Waals surface area contributed by atoms with Crippen LogP contribution in [-0.2, 0) is 9.59 Å². The molecule has 0 heterocycles.